The summed E-state index contributed by atoms with van der Waals surface area (Å²) in [5.41, 5.74) is 13.7. The summed E-state index contributed by atoms with van der Waals surface area (Å²) in [5, 5.41) is 24.9. The van der Waals surface area contributed by atoms with Crippen LogP contribution < -0.4 is 10.6 Å². The molecule has 8 bridgehead atoms. The first-order valence-corrected chi connectivity index (χ1v) is 18.9. The monoisotopic (exact) mass is 832 g/mol. The summed E-state index contributed by atoms with van der Waals surface area (Å²) < 4.78 is 0.0260. The van der Waals surface area contributed by atoms with Crippen molar-refractivity contribution >= 4 is 95.0 Å². The standard InChI is InChI=1S/C34H34N4O4.C7H15IN2O/c1-7-21-17(3)25-13-26-19(5)23(9-11-33(39)40)31(37-26)16-32-24(10-12-34(41)42)20(6)28(38-32)15-30-22(8-2)18(4)27(36-30)14-29(21)35-25;1-2-4-9-5-3-6-10-7(8)11/h7-8,13-16,35-36H,1-2,9-12H2,3-6H3,(H,39,40)(H,41,42);9H,2-6H2,1H3,(H,10,11). The molecule has 280 valence electrons. The summed E-state index contributed by atoms with van der Waals surface area (Å²) in [6.07, 6.45) is 6.37. The van der Waals surface area contributed by atoms with Crippen molar-refractivity contribution in [3.05, 3.63) is 82.5 Å². The topological polar surface area (TPSA) is 173 Å². The van der Waals surface area contributed by atoms with Crippen molar-refractivity contribution in [3.63, 3.8) is 0 Å². The number of hydrogen-bond donors (Lipinski definition) is 6. The number of rotatable bonds is 14. The van der Waals surface area contributed by atoms with E-state index in [1.807, 2.05) is 58.0 Å². The molecule has 0 saturated carbocycles. The van der Waals surface area contributed by atoms with Gasteiger partial charge in [0.15, 0.2) is 0 Å². The third kappa shape index (κ3) is 10.2. The number of carbonyl (C=O) groups is 3. The zero-order chi connectivity index (χ0) is 38.8. The molecule has 5 heterocycles. The molecule has 11 nitrogen and oxygen atoms in total. The summed E-state index contributed by atoms with van der Waals surface area (Å²) >= 11 is 1.74. The highest BCUT2D eigenvalue weighted by Gasteiger charge is 2.22. The van der Waals surface area contributed by atoms with E-state index in [1.165, 1.54) is 6.42 Å². The predicted molar refractivity (Wildman–Crippen MR) is 225 cm³/mol. The minimum absolute atomic E-state index is 0.0260. The van der Waals surface area contributed by atoms with Gasteiger partial charge in [-0.15, -0.1) is 0 Å². The van der Waals surface area contributed by atoms with E-state index >= 15 is 0 Å². The maximum absolute atomic E-state index is 11.5. The Balaban J connectivity index is 0.000000495. The molecular weight excluding hydrogens is 783 g/mol. The molecule has 2 aliphatic heterocycles. The number of allylic oxidation sites excluding steroid dienone is 4. The lowest BCUT2D eigenvalue weighted by atomic mass is 9.98. The van der Waals surface area contributed by atoms with Gasteiger partial charge in [-0.05, 0) is 124 Å². The number of halogens is 1. The second-order valence-electron chi connectivity index (χ2n) is 13.0. The SMILES string of the molecule is C=Cc1c(C)c2cc3[nH]c(cc4nc(cc5nc(cc1[nH]2)C(C)=C5CCC(=O)O)C(CCC(=O)O)=C4C)c(C)c3C=C.CCCNCCCNC(=O)I. The van der Waals surface area contributed by atoms with E-state index in [9.17, 15) is 24.6 Å². The maximum atomic E-state index is 11.5. The number of aryl methyl sites for hydroxylation is 2. The Bertz CT molecular complexity index is 2160. The fraction of sp³-hybridized carbons (Fsp3) is 0.341. The van der Waals surface area contributed by atoms with Gasteiger partial charge in [-0.2, -0.15) is 0 Å². The van der Waals surface area contributed by atoms with Gasteiger partial charge in [0.05, 0.1) is 22.8 Å². The maximum Gasteiger partial charge on any atom is 0.303 e. The van der Waals surface area contributed by atoms with Gasteiger partial charge in [0, 0.05) is 75.2 Å². The lowest BCUT2D eigenvalue weighted by Crippen LogP contribution is -2.23. The molecule has 12 heteroatoms. The second-order valence-corrected chi connectivity index (χ2v) is 14.0. The summed E-state index contributed by atoms with van der Waals surface area (Å²) in [6, 6.07) is 7.88. The number of aromatic amines is 2. The van der Waals surface area contributed by atoms with Crippen molar-refractivity contribution in [2.45, 2.75) is 73.1 Å². The van der Waals surface area contributed by atoms with Gasteiger partial charge < -0.3 is 30.8 Å². The van der Waals surface area contributed by atoms with Crippen molar-refractivity contribution in [1.82, 2.24) is 30.6 Å². The van der Waals surface area contributed by atoms with Crippen LogP contribution >= 0.6 is 22.6 Å². The van der Waals surface area contributed by atoms with Crippen LogP contribution in [0.25, 0.3) is 56.5 Å². The summed E-state index contributed by atoms with van der Waals surface area (Å²) in [7, 11) is 0. The molecule has 0 aromatic carbocycles. The fourth-order valence-corrected chi connectivity index (χ4v) is 6.74. The second kappa shape index (κ2) is 18.8. The number of nitrogens with zero attached hydrogens (tertiary/aromatic N) is 2. The molecule has 3 aromatic rings. The van der Waals surface area contributed by atoms with Crippen molar-refractivity contribution < 1.29 is 24.6 Å². The van der Waals surface area contributed by atoms with Crippen molar-refractivity contribution in [2.24, 2.45) is 0 Å². The van der Waals surface area contributed by atoms with E-state index in [4.69, 9.17) is 9.97 Å². The summed E-state index contributed by atoms with van der Waals surface area (Å²) in [6.45, 7) is 21.0. The molecule has 0 saturated heterocycles. The molecule has 6 N–H and O–H groups in total. The van der Waals surface area contributed by atoms with E-state index < -0.39 is 11.9 Å². The Morgan fingerprint density at radius 2 is 1.19 bits per heavy atom. The zero-order valence-corrected chi connectivity index (χ0v) is 33.3. The summed E-state index contributed by atoms with van der Waals surface area (Å²) in [5.74, 6) is -1.78. The first-order chi connectivity index (χ1) is 25.3. The highest BCUT2D eigenvalue weighted by atomic mass is 127. The Labute approximate surface area is 324 Å². The molecule has 0 spiro atoms. The van der Waals surface area contributed by atoms with Gasteiger partial charge in [0.25, 0.3) is 3.91 Å². The van der Waals surface area contributed by atoms with E-state index in [0.29, 0.717) is 24.2 Å². The number of amides is 1. The van der Waals surface area contributed by atoms with Crippen LogP contribution in [0.5, 0.6) is 0 Å². The lowest BCUT2D eigenvalue weighted by molar-refractivity contribution is -0.137. The number of H-pyrrole nitrogens is 2. The number of fused-ring (bicyclic) bond motifs is 8. The minimum atomic E-state index is -0.889. The first kappa shape index (κ1) is 40.9. The third-order valence-corrected chi connectivity index (χ3v) is 9.82. The molecule has 0 aliphatic carbocycles. The van der Waals surface area contributed by atoms with Crippen LogP contribution in [0, 0.1) is 13.8 Å². The molecule has 1 amide bonds. The van der Waals surface area contributed by atoms with Gasteiger partial charge >= 0.3 is 11.9 Å². The van der Waals surface area contributed by atoms with Gasteiger partial charge in [-0.25, -0.2) is 9.97 Å². The minimum Gasteiger partial charge on any atom is -0.481 e. The molecule has 53 heavy (non-hydrogen) atoms. The van der Waals surface area contributed by atoms with Crippen LogP contribution in [0.1, 0.15) is 104 Å². The smallest absolute Gasteiger partial charge is 0.303 e. The van der Waals surface area contributed by atoms with Gasteiger partial charge in [-0.3, -0.25) is 14.4 Å². The number of carboxylic acids is 2. The zero-order valence-electron chi connectivity index (χ0n) is 31.1. The van der Waals surface area contributed by atoms with E-state index in [0.717, 1.165) is 104 Å². The Hall–Kier alpha value is -4.82. The van der Waals surface area contributed by atoms with Crippen molar-refractivity contribution in [1.29, 1.82) is 0 Å². The molecule has 0 atom stereocenters. The average Bonchev–Trinajstić information content (AvgIpc) is 3.77. The number of aromatic nitrogens is 4. The van der Waals surface area contributed by atoms with Gasteiger partial charge in [0.2, 0.25) is 0 Å². The van der Waals surface area contributed by atoms with Crippen LogP contribution in [-0.4, -0.2) is 65.6 Å². The normalized spacial score (nSPS) is 12.3. The summed E-state index contributed by atoms with van der Waals surface area (Å²) in [4.78, 5) is 50.4. The van der Waals surface area contributed by atoms with Crippen LogP contribution in [0.2, 0.25) is 0 Å². The van der Waals surface area contributed by atoms with Gasteiger partial charge in [0.1, 0.15) is 0 Å². The van der Waals surface area contributed by atoms with Crippen LogP contribution in [0.4, 0.5) is 4.79 Å². The predicted octanol–water partition coefficient (Wildman–Crippen LogP) is 9.33. The number of nitrogens with one attached hydrogen (secondary N) is 4. The Morgan fingerprint density at radius 1 is 0.717 bits per heavy atom. The fourth-order valence-electron chi connectivity index (χ4n) is 6.47. The quantitative estimate of drug-likeness (QED) is 0.0404. The van der Waals surface area contributed by atoms with Crippen LogP contribution in [0.15, 0.2) is 37.4 Å². The lowest BCUT2D eigenvalue weighted by Gasteiger charge is -2.05. The van der Waals surface area contributed by atoms with Crippen molar-refractivity contribution in [3.8, 4) is 0 Å². The molecule has 0 unspecified atom stereocenters. The molecule has 3 aromatic heterocycles. The van der Waals surface area contributed by atoms with Gasteiger partial charge in [-0.1, -0.05) is 32.2 Å². The Morgan fingerprint density at radius 3 is 1.64 bits per heavy atom. The first-order valence-electron chi connectivity index (χ1n) is 17.8. The third-order valence-electron chi connectivity index (χ3n) is 9.44. The van der Waals surface area contributed by atoms with E-state index in [-0.39, 0.29) is 16.8 Å². The number of aliphatic carboxylic acids is 2. The van der Waals surface area contributed by atoms with Crippen LogP contribution in [-0.2, 0) is 9.59 Å². The Kier molecular flexibility index (Phi) is 14.5. The highest BCUT2D eigenvalue weighted by molar-refractivity contribution is 14.1. The van der Waals surface area contributed by atoms with Crippen LogP contribution in [0.3, 0.4) is 0 Å². The van der Waals surface area contributed by atoms with E-state index in [1.54, 1.807) is 22.6 Å². The highest BCUT2D eigenvalue weighted by Crippen LogP contribution is 2.38. The number of carbonyl (C=O) groups excluding carboxylic acids is 1. The van der Waals surface area contributed by atoms with Crippen molar-refractivity contribution in [2.75, 3.05) is 19.6 Å². The molecule has 0 radical (unpaired) electrons. The van der Waals surface area contributed by atoms with E-state index in [2.05, 4.69) is 46.7 Å². The number of hydrogen-bond acceptors (Lipinski definition) is 6. The molecular formula is C41H49IN6O5. The molecule has 0 fully saturated rings. The average molecular weight is 833 g/mol. The molecule has 5 rings (SSSR count). The largest absolute Gasteiger partial charge is 0.481 e. The molecule has 2 aliphatic rings. The number of carboxylic acid groups (broad SMARTS) is 2.